The highest BCUT2D eigenvalue weighted by Crippen LogP contribution is 2.09. The molecule has 1 fully saturated rings. The summed E-state index contributed by atoms with van der Waals surface area (Å²) in [5.74, 6) is 0.265. The molecular formula is C10H17N3O. The first-order chi connectivity index (χ1) is 6.84. The molecule has 0 spiro atoms. The van der Waals surface area contributed by atoms with Crippen LogP contribution >= 0.6 is 0 Å². The molecular weight excluding hydrogens is 178 g/mol. The van der Waals surface area contributed by atoms with Crippen molar-refractivity contribution in [2.75, 3.05) is 19.6 Å². The summed E-state index contributed by atoms with van der Waals surface area (Å²) in [6.45, 7) is 2.45. The molecule has 1 aliphatic rings. The van der Waals surface area contributed by atoms with Crippen LogP contribution in [0.15, 0.2) is 0 Å². The Morgan fingerprint density at radius 2 is 2.50 bits per heavy atom. The standard InChI is InChI=1S/C10H17N3O/c11-5-1-2-7-13-10(14)9-4-3-6-12-8-9/h9,12H,1-4,6-8H2,(H,13,14)/t9-/m1/s1. The van der Waals surface area contributed by atoms with Crippen molar-refractivity contribution < 1.29 is 4.79 Å². The van der Waals surface area contributed by atoms with Gasteiger partial charge in [0.1, 0.15) is 0 Å². The molecule has 0 aromatic heterocycles. The Labute approximate surface area is 84.7 Å². The van der Waals surface area contributed by atoms with Crippen LogP contribution in [0, 0.1) is 17.2 Å². The maximum absolute atomic E-state index is 11.5. The van der Waals surface area contributed by atoms with Crippen LogP contribution in [0.2, 0.25) is 0 Å². The number of unbranched alkanes of at least 4 members (excludes halogenated alkanes) is 1. The van der Waals surface area contributed by atoms with Crippen LogP contribution in [0.3, 0.4) is 0 Å². The highest BCUT2D eigenvalue weighted by atomic mass is 16.1. The zero-order valence-electron chi connectivity index (χ0n) is 8.38. The van der Waals surface area contributed by atoms with Gasteiger partial charge in [0, 0.05) is 19.5 Å². The molecule has 1 heterocycles. The van der Waals surface area contributed by atoms with Gasteiger partial charge in [0.15, 0.2) is 0 Å². The molecule has 1 rings (SSSR count). The number of rotatable bonds is 4. The first-order valence-corrected chi connectivity index (χ1v) is 5.20. The fourth-order valence-corrected chi connectivity index (χ4v) is 1.60. The largest absolute Gasteiger partial charge is 0.356 e. The minimum Gasteiger partial charge on any atom is -0.356 e. The highest BCUT2D eigenvalue weighted by molar-refractivity contribution is 5.78. The maximum Gasteiger partial charge on any atom is 0.224 e. The van der Waals surface area contributed by atoms with Gasteiger partial charge in [-0.05, 0) is 25.8 Å². The molecule has 0 bridgehead atoms. The zero-order valence-corrected chi connectivity index (χ0v) is 8.38. The first-order valence-electron chi connectivity index (χ1n) is 5.20. The van der Waals surface area contributed by atoms with Crippen molar-refractivity contribution >= 4 is 5.91 Å². The third-order valence-electron chi connectivity index (χ3n) is 2.43. The van der Waals surface area contributed by atoms with E-state index in [2.05, 4.69) is 16.7 Å². The molecule has 0 saturated carbocycles. The molecule has 0 aromatic carbocycles. The summed E-state index contributed by atoms with van der Waals surface area (Å²) in [4.78, 5) is 11.5. The number of nitriles is 1. The lowest BCUT2D eigenvalue weighted by molar-refractivity contribution is -0.125. The number of hydrogen-bond donors (Lipinski definition) is 2. The minimum atomic E-state index is 0.130. The van der Waals surface area contributed by atoms with Gasteiger partial charge >= 0.3 is 0 Å². The van der Waals surface area contributed by atoms with E-state index in [0.29, 0.717) is 13.0 Å². The van der Waals surface area contributed by atoms with Gasteiger partial charge in [0.25, 0.3) is 0 Å². The van der Waals surface area contributed by atoms with Crippen molar-refractivity contribution in [2.24, 2.45) is 5.92 Å². The van der Waals surface area contributed by atoms with E-state index in [9.17, 15) is 4.79 Å². The zero-order chi connectivity index (χ0) is 10.2. The van der Waals surface area contributed by atoms with Gasteiger partial charge in [0.05, 0.1) is 12.0 Å². The number of nitrogens with zero attached hydrogens (tertiary/aromatic N) is 1. The summed E-state index contributed by atoms with van der Waals surface area (Å²) in [5, 5.41) is 14.4. The van der Waals surface area contributed by atoms with Crippen molar-refractivity contribution in [2.45, 2.75) is 25.7 Å². The fourth-order valence-electron chi connectivity index (χ4n) is 1.60. The van der Waals surface area contributed by atoms with Gasteiger partial charge in [-0.2, -0.15) is 5.26 Å². The third kappa shape index (κ3) is 3.75. The molecule has 0 aliphatic carbocycles. The normalized spacial score (nSPS) is 21.2. The molecule has 1 aliphatic heterocycles. The Bertz CT molecular complexity index is 216. The van der Waals surface area contributed by atoms with Gasteiger partial charge in [-0.25, -0.2) is 0 Å². The predicted octanol–water partition coefficient (Wildman–Crippen LogP) is 0.406. The van der Waals surface area contributed by atoms with E-state index >= 15 is 0 Å². The summed E-state index contributed by atoms with van der Waals surface area (Å²) >= 11 is 0. The van der Waals surface area contributed by atoms with Crippen LogP contribution < -0.4 is 10.6 Å². The molecule has 1 saturated heterocycles. The van der Waals surface area contributed by atoms with Gasteiger partial charge in [-0.3, -0.25) is 4.79 Å². The van der Waals surface area contributed by atoms with Gasteiger partial charge in [0.2, 0.25) is 5.91 Å². The lowest BCUT2D eigenvalue weighted by Gasteiger charge is -2.21. The van der Waals surface area contributed by atoms with Crippen LogP contribution in [-0.4, -0.2) is 25.5 Å². The van der Waals surface area contributed by atoms with E-state index in [1.807, 2.05) is 0 Å². The Kier molecular flexibility index (Phi) is 5.02. The molecule has 2 N–H and O–H groups in total. The summed E-state index contributed by atoms with van der Waals surface area (Å²) < 4.78 is 0. The highest BCUT2D eigenvalue weighted by Gasteiger charge is 2.19. The number of piperidine rings is 1. The van der Waals surface area contributed by atoms with Crippen molar-refractivity contribution in [3.8, 4) is 6.07 Å². The topological polar surface area (TPSA) is 64.9 Å². The van der Waals surface area contributed by atoms with Crippen LogP contribution in [-0.2, 0) is 4.79 Å². The van der Waals surface area contributed by atoms with Crippen molar-refractivity contribution in [3.63, 3.8) is 0 Å². The number of carbonyl (C=O) groups is 1. The SMILES string of the molecule is N#CCCCNC(=O)[C@@H]1CCCNC1. The van der Waals surface area contributed by atoms with Gasteiger partial charge in [-0.15, -0.1) is 0 Å². The van der Waals surface area contributed by atoms with E-state index in [-0.39, 0.29) is 11.8 Å². The summed E-state index contributed by atoms with van der Waals surface area (Å²) in [6.07, 6.45) is 3.33. The molecule has 0 unspecified atom stereocenters. The average Bonchev–Trinajstić information content (AvgIpc) is 2.25. The van der Waals surface area contributed by atoms with Crippen molar-refractivity contribution in [1.82, 2.24) is 10.6 Å². The molecule has 1 atom stereocenters. The molecule has 4 nitrogen and oxygen atoms in total. The van der Waals surface area contributed by atoms with E-state index in [1.165, 1.54) is 0 Å². The third-order valence-corrected chi connectivity index (χ3v) is 2.43. The van der Waals surface area contributed by atoms with Crippen LogP contribution in [0.25, 0.3) is 0 Å². The number of hydrogen-bond acceptors (Lipinski definition) is 3. The predicted molar refractivity (Wildman–Crippen MR) is 53.5 cm³/mol. The van der Waals surface area contributed by atoms with Gasteiger partial charge in [-0.1, -0.05) is 0 Å². The Morgan fingerprint density at radius 1 is 1.64 bits per heavy atom. The van der Waals surface area contributed by atoms with Gasteiger partial charge < -0.3 is 10.6 Å². The van der Waals surface area contributed by atoms with Crippen LogP contribution in [0.4, 0.5) is 0 Å². The van der Waals surface area contributed by atoms with Crippen molar-refractivity contribution in [1.29, 1.82) is 5.26 Å². The number of carbonyl (C=O) groups excluding carboxylic acids is 1. The smallest absolute Gasteiger partial charge is 0.224 e. The molecule has 14 heavy (non-hydrogen) atoms. The average molecular weight is 195 g/mol. The Balaban J connectivity index is 2.11. The first kappa shape index (κ1) is 11.0. The molecule has 1 amide bonds. The summed E-state index contributed by atoms with van der Waals surface area (Å²) in [6, 6.07) is 2.06. The lowest BCUT2D eigenvalue weighted by Crippen LogP contribution is -2.40. The number of nitrogens with one attached hydrogen (secondary N) is 2. The molecule has 0 aromatic rings. The summed E-state index contributed by atoms with van der Waals surface area (Å²) in [5.41, 5.74) is 0. The van der Waals surface area contributed by atoms with Crippen LogP contribution in [0.1, 0.15) is 25.7 Å². The lowest BCUT2D eigenvalue weighted by atomic mass is 9.99. The second-order valence-electron chi connectivity index (χ2n) is 3.60. The molecule has 4 heteroatoms. The monoisotopic (exact) mass is 195 g/mol. The van der Waals surface area contributed by atoms with Crippen molar-refractivity contribution in [3.05, 3.63) is 0 Å². The van der Waals surface area contributed by atoms with E-state index in [4.69, 9.17) is 5.26 Å². The maximum atomic E-state index is 11.5. The van der Waals surface area contributed by atoms with E-state index in [0.717, 1.165) is 32.4 Å². The van der Waals surface area contributed by atoms with E-state index in [1.54, 1.807) is 0 Å². The quantitative estimate of drug-likeness (QED) is 0.638. The Hall–Kier alpha value is -1.08. The second-order valence-corrected chi connectivity index (χ2v) is 3.60. The van der Waals surface area contributed by atoms with Crippen LogP contribution in [0.5, 0.6) is 0 Å². The molecule has 78 valence electrons. The minimum absolute atomic E-state index is 0.130. The fraction of sp³-hybridized carbons (Fsp3) is 0.800. The Morgan fingerprint density at radius 3 is 3.14 bits per heavy atom. The molecule has 0 radical (unpaired) electrons. The summed E-state index contributed by atoms with van der Waals surface area (Å²) in [7, 11) is 0. The second kappa shape index (κ2) is 6.39. The van der Waals surface area contributed by atoms with E-state index < -0.39 is 0 Å². The number of amides is 1.